The highest BCUT2D eigenvalue weighted by molar-refractivity contribution is 5.81. The Bertz CT molecular complexity index is 885. The molecular weight excluding hydrogens is 384 g/mol. The van der Waals surface area contributed by atoms with Gasteiger partial charge in [0, 0.05) is 18.5 Å². The number of carbonyl (C=O) groups is 2. The van der Waals surface area contributed by atoms with Crippen LogP contribution in [0, 0.1) is 0 Å². The van der Waals surface area contributed by atoms with Crippen molar-refractivity contribution < 1.29 is 14.3 Å². The Kier molecular flexibility index (Phi) is 6.59. The molecule has 0 bridgehead atoms. The topological polar surface area (TPSA) is 110 Å². The lowest BCUT2D eigenvalue weighted by Gasteiger charge is -2.21. The number of benzene rings is 1. The number of urea groups is 1. The molecule has 1 aliphatic rings. The maximum absolute atomic E-state index is 12.8. The van der Waals surface area contributed by atoms with Gasteiger partial charge in [0.2, 0.25) is 5.91 Å². The molecule has 2 heterocycles. The van der Waals surface area contributed by atoms with E-state index in [-0.39, 0.29) is 30.1 Å². The summed E-state index contributed by atoms with van der Waals surface area (Å²) in [6.45, 7) is 6.49. The Morgan fingerprint density at radius 1 is 1.17 bits per heavy atom. The highest BCUT2D eigenvalue weighted by Crippen LogP contribution is 2.26. The fourth-order valence-electron chi connectivity index (χ4n) is 3.44. The molecule has 1 unspecified atom stereocenters. The standard InChI is InChI=1S/C21H30N6O3/c1-21(2,3)24-20(29)23-13-18-26-25-17-10-9-16(27(17)18)19(28)22-12-11-14-5-7-15(30-4)8-6-14/h5-8,16H,9-13H2,1-4H3,(H,22,28)(H2,23,24,29). The van der Waals surface area contributed by atoms with Crippen LogP contribution in [0.25, 0.3) is 0 Å². The third kappa shape index (κ3) is 5.49. The molecule has 0 aliphatic carbocycles. The smallest absolute Gasteiger partial charge is 0.315 e. The van der Waals surface area contributed by atoms with E-state index in [0.29, 0.717) is 25.2 Å². The zero-order chi connectivity index (χ0) is 21.7. The Balaban J connectivity index is 1.54. The number of nitrogens with one attached hydrogen (secondary N) is 3. The molecule has 2 aromatic rings. The molecule has 3 N–H and O–H groups in total. The van der Waals surface area contributed by atoms with Gasteiger partial charge in [-0.1, -0.05) is 12.1 Å². The van der Waals surface area contributed by atoms with Crippen molar-refractivity contribution in [3.05, 3.63) is 41.5 Å². The average Bonchev–Trinajstić information content (AvgIpc) is 3.28. The second-order valence-corrected chi connectivity index (χ2v) is 8.40. The molecule has 0 saturated carbocycles. The van der Waals surface area contributed by atoms with Crippen molar-refractivity contribution in [2.24, 2.45) is 0 Å². The van der Waals surface area contributed by atoms with E-state index in [2.05, 4.69) is 26.1 Å². The highest BCUT2D eigenvalue weighted by Gasteiger charge is 2.32. The second kappa shape index (κ2) is 9.15. The monoisotopic (exact) mass is 414 g/mol. The fourth-order valence-corrected chi connectivity index (χ4v) is 3.44. The van der Waals surface area contributed by atoms with Crippen molar-refractivity contribution in [3.8, 4) is 5.75 Å². The first-order valence-electron chi connectivity index (χ1n) is 10.2. The lowest BCUT2D eigenvalue weighted by molar-refractivity contribution is -0.124. The highest BCUT2D eigenvalue weighted by atomic mass is 16.5. The van der Waals surface area contributed by atoms with Gasteiger partial charge in [0.1, 0.15) is 17.6 Å². The summed E-state index contributed by atoms with van der Waals surface area (Å²) in [6.07, 6.45) is 2.11. The normalized spacial score (nSPS) is 15.4. The molecule has 9 nitrogen and oxygen atoms in total. The fraction of sp³-hybridized carbons (Fsp3) is 0.524. The summed E-state index contributed by atoms with van der Waals surface area (Å²) in [5.74, 6) is 2.12. The number of rotatable bonds is 7. The lowest BCUT2D eigenvalue weighted by atomic mass is 10.1. The van der Waals surface area contributed by atoms with E-state index in [1.165, 1.54) is 0 Å². The summed E-state index contributed by atoms with van der Waals surface area (Å²) < 4.78 is 7.01. The predicted molar refractivity (Wildman–Crippen MR) is 112 cm³/mol. The minimum Gasteiger partial charge on any atom is -0.497 e. The van der Waals surface area contributed by atoms with Crippen LogP contribution in [0.15, 0.2) is 24.3 Å². The Morgan fingerprint density at radius 3 is 2.57 bits per heavy atom. The third-order valence-corrected chi connectivity index (χ3v) is 4.86. The molecule has 3 amide bonds. The van der Waals surface area contributed by atoms with Gasteiger partial charge in [-0.25, -0.2) is 4.79 Å². The van der Waals surface area contributed by atoms with Crippen molar-refractivity contribution in [1.82, 2.24) is 30.7 Å². The van der Waals surface area contributed by atoms with Crippen LogP contribution in [0.3, 0.4) is 0 Å². The SMILES string of the molecule is COc1ccc(CCNC(=O)C2CCc3nnc(CNC(=O)NC(C)(C)C)n32)cc1. The minimum absolute atomic E-state index is 0.0533. The molecule has 162 valence electrons. The van der Waals surface area contributed by atoms with Gasteiger partial charge in [-0.2, -0.15) is 0 Å². The summed E-state index contributed by atoms with van der Waals surface area (Å²) in [5.41, 5.74) is 0.797. The van der Waals surface area contributed by atoms with Crippen LogP contribution < -0.4 is 20.7 Å². The molecule has 1 aromatic carbocycles. The summed E-state index contributed by atoms with van der Waals surface area (Å²) in [4.78, 5) is 24.8. The van der Waals surface area contributed by atoms with E-state index >= 15 is 0 Å². The minimum atomic E-state index is -0.353. The number of ether oxygens (including phenoxy) is 1. The molecule has 0 fully saturated rings. The van der Waals surface area contributed by atoms with E-state index < -0.39 is 0 Å². The summed E-state index contributed by atoms with van der Waals surface area (Å²) in [6, 6.07) is 7.17. The predicted octanol–water partition coefficient (Wildman–Crippen LogP) is 1.73. The first kappa shape index (κ1) is 21.6. The summed E-state index contributed by atoms with van der Waals surface area (Å²) in [5, 5.41) is 17.0. The quantitative estimate of drug-likeness (QED) is 0.639. The largest absolute Gasteiger partial charge is 0.497 e. The number of hydrogen-bond acceptors (Lipinski definition) is 5. The molecule has 0 saturated heterocycles. The number of fused-ring (bicyclic) bond motifs is 1. The Labute approximate surface area is 176 Å². The number of methoxy groups -OCH3 is 1. The van der Waals surface area contributed by atoms with E-state index in [9.17, 15) is 9.59 Å². The molecule has 1 aromatic heterocycles. The number of aryl methyl sites for hydroxylation is 1. The summed E-state index contributed by atoms with van der Waals surface area (Å²) >= 11 is 0. The van der Waals surface area contributed by atoms with Crippen LogP contribution in [0.2, 0.25) is 0 Å². The van der Waals surface area contributed by atoms with Gasteiger partial charge in [0.15, 0.2) is 5.82 Å². The van der Waals surface area contributed by atoms with E-state index in [1.54, 1.807) is 7.11 Å². The molecule has 0 radical (unpaired) electrons. The van der Waals surface area contributed by atoms with Gasteiger partial charge in [0.05, 0.1) is 13.7 Å². The van der Waals surface area contributed by atoms with Crippen molar-refractivity contribution in [2.45, 2.75) is 58.2 Å². The molecule has 9 heteroatoms. The lowest BCUT2D eigenvalue weighted by Crippen LogP contribution is -2.46. The second-order valence-electron chi connectivity index (χ2n) is 8.40. The number of amides is 3. The third-order valence-electron chi connectivity index (χ3n) is 4.86. The molecular formula is C21H30N6O3. The van der Waals surface area contributed by atoms with Gasteiger partial charge in [-0.15, -0.1) is 10.2 Å². The Hall–Kier alpha value is -3.10. The molecule has 30 heavy (non-hydrogen) atoms. The van der Waals surface area contributed by atoms with E-state index in [0.717, 1.165) is 23.6 Å². The molecule has 1 atom stereocenters. The first-order chi connectivity index (χ1) is 14.3. The Morgan fingerprint density at radius 2 is 1.90 bits per heavy atom. The maximum Gasteiger partial charge on any atom is 0.315 e. The van der Waals surface area contributed by atoms with Gasteiger partial charge >= 0.3 is 6.03 Å². The molecule has 0 spiro atoms. The first-order valence-corrected chi connectivity index (χ1v) is 10.2. The average molecular weight is 415 g/mol. The van der Waals surface area contributed by atoms with Crippen molar-refractivity contribution in [2.75, 3.05) is 13.7 Å². The van der Waals surface area contributed by atoms with Crippen molar-refractivity contribution in [3.63, 3.8) is 0 Å². The van der Waals surface area contributed by atoms with Crippen LogP contribution in [0.4, 0.5) is 4.79 Å². The van der Waals surface area contributed by atoms with Gasteiger partial charge < -0.3 is 25.3 Å². The summed E-state index contributed by atoms with van der Waals surface area (Å²) in [7, 11) is 1.64. The van der Waals surface area contributed by atoms with Gasteiger partial charge in [0.25, 0.3) is 0 Å². The van der Waals surface area contributed by atoms with Gasteiger partial charge in [-0.05, 0) is 51.3 Å². The number of aromatic nitrogens is 3. The van der Waals surface area contributed by atoms with Crippen molar-refractivity contribution >= 4 is 11.9 Å². The van der Waals surface area contributed by atoms with Gasteiger partial charge in [-0.3, -0.25) is 4.79 Å². The van der Waals surface area contributed by atoms with Crippen LogP contribution in [0.5, 0.6) is 5.75 Å². The van der Waals surface area contributed by atoms with Crippen LogP contribution >= 0.6 is 0 Å². The number of nitrogens with zero attached hydrogens (tertiary/aromatic N) is 3. The van der Waals surface area contributed by atoms with E-state index in [1.807, 2.05) is 49.6 Å². The molecule has 1 aliphatic heterocycles. The zero-order valence-electron chi connectivity index (χ0n) is 18.0. The van der Waals surface area contributed by atoms with Crippen LogP contribution in [-0.4, -0.2) is 45.9 Å². The maximum atomic E-state index is 12.8. The van der Waals surface area contributed by atoms with E-state index in [4.69, 9.17) is 4.74 Å². The van der Waals surface area contributed by atoms with Crippen LogP contribution in [-0.2, 0) is 24.2 Å². The van der Waals surface area contributed by atoms with Crippen LogP contribution in [0.1, 0.15) is 50.4 Å². The number of carbonyl (C=O) groups excluding carboxylic acids is 2. The zero-order valence-corrected chi connectivity index (χ0v) is 18.0. The number of hydrogen-bond donors (Lipinski definition) is 3. The van der Waals surface area contributed by atoms with Crippen molar-refractivity contribution in [1.29, 1.82) is 0 Å². The molecule has 3 rings (SSSR count).